The van der Waals surface area contributed by atoms with Crippen molar-refractivity contribution in [1.29, 1.82) is 0 Å². The van der Waals surface area contributed by atoms with E-state index in [1.54, 1.807) is 0 Å². The molecule has 0 amide bonds. The Labute approximate surface area is 104 Å². The molecule has 0 atom stereocenters. The van der Waals surface area contributed by atoms with E-state index >= 15 is 0 Å². The first-order valence-corrected chi connectivity index (χ1v) is 6.83. The van der Waals surface area contributed by atoms with Crippen LogP contribution >= 0.6 is 15.9 Å². The minimum absolute atomic E-state index is 0.571. The van der Waals surface area contributed by atoms with Crippen LogP contribution in [0.5, 0.6) is 0 Å². The van der Waals surface area contributed by atoms with Crippen LogP contribution in [0.3, 0.4) is 0 Å². The Balaban J connectivity index is 1.91. The lowest BCUT2D eigenvalue weighted by Crippen LogP contribution is -2.30. The van der Waals surface area contributed by atoms with Gasteiger partial charge in [0.15, 0.2) is 0 Å². The standard InChI is InChI=1S/C11H17BrN4/c12-11-9-3-6-14-7-10(9)15-16(11)8-1-4-13-5-2-8/h8,13-14H,1-7H2. The molecule has 1 fully saturated rings. The Kier molecular flexibility index (Phi) is 3.00. The van der Waals surface area contributed by atoms with Crippen molar-refractivity contribution in [3.8, 4) is 0 Å². The summed E-state index contributed by atoms with van der Waals surface area (Å²) in [7, 11) is 0. The van der Waals surface area contributed by atoms with Gasteiger partial charge in [0.1, 0.15) is 4.60 Å². The number of hydrogen-bond acceptors (Lipinski definition) is 3. The molecule has 2 aliphatic heterocycles. The third-order valence-electron chi connectivity index (χ3n) is 3.53. The summed E-state index contributed by atoms with van der Waals surface area (Å²) in [6.07, 6.45) is 3.47. The highest BCUT2D eigenvalue weighted by Crippen LogP contribution is 2.29. The summed E-state index contributed by atoms with van der Waals surface area (Å²) in [4.78, 5) is 0. The Bertz CT molecular complexity index is 382. The van der Waals surface area contributed by atoms with Gasteiger partial charge in [0.25, 0.3) is 0 Å². The van der Waals surface area contributed by atoms with Gasteiger partial charge in [-0.1, -0.05) is 0 Å². The van der Waals surface area contributed by atoms with Crippen LogP contribution in [-0.4, -0.2) is 29.4 Å². The molecule has 2 N–H and O–H groups in total. The molecule has 88 valence electrons. The number of rotatable bonds is 1. The summed E-state index contributed by atoms with van der Waals surface area (Å²) in [5, 5.41) is 11.5. The summed E-state index contributed by atoms with van der Waals surface area (Å²) in [5.41, 5.74) is 2.65. The lowest BCUT2D eigenvalue weighted by molar-refractivity contribution is 0.337. The van der Waals surface area contributed by atoms with E-state index in [2.05, 4.69) is 31.2 Å². The zero-order valence-electron chi connectivity index (χ0n) is 9.30. The third kappa shape index (κ3) is 1.81. The summed E-state index contributed by atoms with van der Waals surface area (Å²) in [5.74, 6) is 0. The van der Waals surface area contributed by atoms with Crippen LogP contribution in [0.25, 0.3) is 0 Å². The Morgan fingerprint density at radius 1 is 1.19 bits per heavy atom. The minimum Gasteiger partial charge on any atom is -0.317 e. The second-order valence-electron chi connectivity index (χ2n) is 4.57. The molecule has 0 saturated carbocycles. The van der Waals surface area contributed by atoms with Crippen molar-refractivity contribution in [1.82, 2.24) is 20.4 Å². The number of fused-ring (bicyclic) bond motifs is 1. The van der Waals surface area contributed by atoms with Crippen molar-refractivity contribution in [3.63, 3.8) is 0 Å². The smallest absolute Gasteiger partial charge is 0.107 e. The molecule has 5 heteroatoms. The van der Waals surface area contributed by atoms with Crippen LogP contribution in [0.4, 0.5) is 0 Å². The highest BCUT2D eigenvalue weighted by Gasteiger charge is 2.24. The van der Waals surface area contributed by atoms with Gasteiger partial charge in [0.2, 0.25) is 0 Å². The normalized spacial score (nSPS) is 22.1. The zero-order chi connectivity index (χ0) is 11.0. The molecule has 0 aromatic carbocycles. The van der Waals surface area contributed by atoms with Gasteiger partial charge in [0, 0.05) is 12.1 Å². The predicted molar refractivity (Wildman–Crippen MR) is 66.5 cm³/mol. The fourth-order valence-electron chi connectivity index (χ4n) is 2.59. The van der Waals surface area contributed by atoms with Crippen LogP contribution in [0, 0.1) is 0 Å². The monoisotopic (exact) mass is 284 g/mol. The maximum absolute atomic E-state index is 4.75. The lowest BCUT2D eigenvalue weighted by atomic mass is 10.1. The molecular formula is C11H17BrN4. The largest absolute Gasteiger partial charge is 0.317 e. The number of nitrogens with one attached hydrogen (secondary N) is 2. The van der Waals surface area contributed by atoms with Gasteiger partial charge >= 0.3 is 0 Å². The van der Waals surface area contributed by atoms with E-state index in [1.165, 1.54) is 28.7 Å². The fraction of sp³-hybridized carbons (Fsp3) is 0.727. The molecule has 2 aliphatic rings. The van der Waals surface area contributed by atoms with Gasteiger partial charge in [-0.3, -0.25) is 4.68 Å². The molecule has 3 rings (SSSR count). The molecule has 0 aliphatic carbocycles. The quantitative estimate of drug-likeness (QED) is 0.815. The maximum Gasteiger partial charge on any atom is 0.107 e. The first-order valence-electron chi connectivity index (χ1n) is 6.03. The van der Waals surface area contributed by atoms with Gasteiger partial charge in [0.05, 0.1) is 11.7 Å². The predicted octanol–water partition coefficient (Wildman–Crippen LogP) is 1.22. The number of hydrogen-bond donors (Lipinski definition) is 2. The van der Waals surface area contributed by atoms with Crippen LogP contribution in [0.1, 0.15) is 30.1 Å². The number of nitrogens with zero attached hydrogens (tertiary/aromatic N) is 2. The highest BCUT2D eigenvalue weighted by molar-refractivity contribution is 9.10. The molecule has 0 unspecified atom stereocenters. The van der Waals surface area contributed by atoms with E-state index in [4.69, 9.17) is 5.10 Å². The first kappa shape index (κ1) is 10.7. The lowest BCUT2D eigenvalue weighted by Gasteiger charge is -2.23. The highest BCUT2D eigenvalue weighted by atomic mass is 79.9. The Morgan fingerprint density at radius 3 is 2.75 bits per heavy atom. The molecule has 16 heavy (non-hydrogen) atoms. The van der Waals surface area contributed by atoms with E-state index in [-0.39, 0.29) is 0 Å². The summed E-state index contributed by atoms with van der Waals surface area (Å²) in [6, 6.07) is 0.571. The van der Waals surface area contributed by atoms with Gasteiger partial charge in [-0.25, -0.2) is 0 Å². The first-order chi connectivity index (χ1) is 7.86. The fourth-order valence-corrected chi connectivity index (χ4v) is 3.39. The molecule has 4 nitrogen and oxygen atoms in total. The van der Waals surface area contributed by atoms with Gasteiger partial charge in [-0.2, -0.15) is 5.10 Å². The number of piperidine rings is 1. The van der Waals surface area contributed by atoms with Crippen molar-refractivity contribution in [2.24, 2.45) is 0 Å². The second kappa shape index (κ2) is 4.47. The topological polar surface area (TPSA) is 41.9 Å². The van der Waals surface area contributed by atoms with E-state index in [1.807, 2.05) is 0 Å². The van der Waals surface area contributed by atoms with Crippen LogP contribution < -0.4 is 10.6 Å². The molecule has 0 spiro atoms. The molecule has 0 bridgehead atoms. The molecule has 1 saturated heterocycles. The minimum atomic E-state index is 0.571. The average Bonchev–Trinajstić information content (AvgIpc) is 2.69. The molecule has 1 aromatic rings. The van der Waals surface area contributed by atoms with Crippen LogP contribution in [-0.2, 0) is 13.0 Å². The van der Waals surface area contributed by atoms with Crippen LogP contribution in [0.15, 0.2) is 4.60 Å². The van der Waals surface area contributed by atoms with E-state index in [0.29, 0.717) is 6.04 Å². The zero-order valence-corrected chi connectivity index (χ0v) is 10.9. The Hall–Kier alpha value is -0.390. The summed E-state index contributed by atoms with van der Waals surface area (Å²) < 4.78 is 3.43. The SMILES string of the molecule is Brc1c2c(nn1C1CCNCC1)CNCC2. The van der Waals surface area contributed by atoms with Crippen molar-refractivity contribution in [2.45, 2.75) is 31.8 Å². The Morgan fingerprint density at radius 2 is 2.00 bits per heavy atom. The maximum atomic E-state index is 4.75. The van der Waals surface area contributed by atoms with Crippen LogP contribution in [0.2, 0.25) is 0 Å². The summed E-state index contributed by atoms with van der Waals surface area (Å²) >= 11 is 3.72. The van der Waals surface area contributed by atoms with E-state index in [0.717, 1.165) is 32.6 Å². The van der Waals surface area contributed by atoms with Gasteiger partial charge in [-0.05, 0) is 54.8 Å². The number of aromatic nitrogens is 2. The molecule has 0 radical (unpaired) electrons. The van der Waals surface area contributed by atoms with Crippen molar-refractivity contribution < 1.29 is 0 Å². The van der Waals surface area contributed by atoms with E-state index < -0.39 is 0 Å². The number of halogens is 1. The average molecular weight is 285 g/mol. The van der Waals surface area contributed by atoms with Crippen molar-refractivity contribution >= 4 is 15.9 Å². The van der Waals surface area contributed by atoms with E-state index in [9.17, 15) is 0 Å². The molecule has 3 heterocycles. The molecular weight excluding hydrogens is 268 g/mol. The summed E-state index contributed by atoms with van der Waals surface area (Å²) in [6.45, 7) is 4.22. The molecule has 1 aromatic heterocycles. The van der Waals surface area contributed by atoms with Gasteiger partial charge < -0.3 is 10.6 Å². The van der Waals surface area contributed by atoms with Crippen molar-refractivity contribution in [3.05, 3.63) is 15.9 Å². The van der Waals surface area contributed by atoms with Gasteiger partial charge in [-0.15, -0.1) is 0 Å². The third-order valence-corrected chi connectivity index (χ3v) is 4.37. The van der Waals surface area contributed by atoms with Crippen molar-refractivity contribution in [2.75, 3.05) is 19.6 Å². The second-order valence-corrected chi connectivity index (χ2v) is 5.32.